The summed E-state index contributed by atoms with van der Waals surface area (Å²) in [5, 5.41) is 6.68. The van der Waals surface area contributed by atoms with Gasteiger partial charge in [0.1, 0.15) is 5.75 Å². The Bertz CT molecular complexity index is 864. The lowest BCUT2D eigenvalue weighted by Crippen LogP contribution is -2.22. The number of hydrogen-bond acceptors (Lipinski definition) is 5. The number of ether oxygens (including phenoxy) is 1. The van der Waals surface area contributed by atoms with Crippen LogP contribution in [0.1, 0.15) is 16.2 Å². The van der Waals surface area contributed by atoms with Gasteiger partial charge in [-0.15, -0.1) is 0 Å². The zero-order valence-electron chi connectivity index (χ0n) is 12.8. The van der Waals surface area contributed by atoms with Crippen LogP contribution < -0.4 is 10.1 Å². The lowest BCUT2D eigenvalue weighted by Gasteiger charge is -2.03. The zero-order valence-corrected chi connectivity index (χ0v) is 14.4. The third kappa shape index (κ3) is 3.62. The van der Waals surface area contributed by atoms with Gasteiger partial charge in [-0.05, 0) is 30.3 Å². The molecule has 3 rings (SSSR count). The van der Waals surface area contributed by atoms with Crippen molar-refractivity contribution in [3.8, 4) is 17.1 Å². The summed E-state index contributed by atoms with van der Waals surface area (Å²) in [6.07, 6.45) is 0. The Morgan fingerprint density at radius 3 is 2.88 bits per heavy atom. The third-order valence-corrected chi connectivity index (χ3v) is 3.80. The second kappa shape index (κ2) is 7.27. The standard InChI is InChI=1S/C17H14BrN3O3/c1-23-14-8-3-2-7-13(14)16-20-15(24-21-16)10-19-17(22)11-5-4-6-12(18)9-11/h2-9H,10H2,1H3,(H,19,22). The molecule has 0 atom stereocenters. The number of methoxy groups -OCH3 is 1. The highest BCUT2D eigenvalue weighted by Gasteiger charge is 2.14. The summed E-state index contributed by atoms with van der Waals surface area (Å²) in [6.45, 7) is 0.146. The van der Waals surface area contributed by atoms with E-state index in [1.54, 1.807) is 25.3 Å². The van der Waals surface area contributed by atoms with Gasteiger partial charge < -0.3 is 14.6 Å². The van der Waals surface area contributed by atoms with Crippen molar-refractivity contribution in [3.63, 3.8) is 0 Å². The van der Waals surface area contributed by atoms with Crippen molar-refractivity contribution in [2.75, 3.05) is 7.11 Å². The zero-order chi connectivity index (χ0) is 16.9. The highest BCUT2D eigenvalue weighted by atomic mass is 79.9. The lowest BCUT2D eigenvalue weighted by atomic mass is 10.2. The molecular formula is C17H14BrN3O3. The molecule has 0 aliphatic heterocycles. The third-order valence-electron chi connectivity index (χ3n) is 3.30. The Morgan fingerprint density at radius 1 is 1.25 bits per heavy atom. The number of carbonyl (C=O) groups is 1. The number of nitrogens with one attached hydrogen (secondary N) is 1. The van der Waals surface area contributed by atoms with E-state index in [1.165, 1.54) is 0 Å². The molecule has 0 fully saturated rings. The topological polar surface area (TPSA) is 77.3 Å². The molecule has 0 saturated heterocycles. The van der Waals surface area contributed by atoms with Gasteiger partial charge in [0.25, 0.3) is 5.91 Å². The molecular weight excluding hydrogens is 374 g/mol. The molecule has 1 amide bonds. The van der Waals surface area contributed by atoms with E-state index in [1.807, 2.05) is 30.3 Å². The van der Waals surface area contributed by atoms with Crippen molar-refractivity contribution in [2.24, 2.45) is 0 Å². The Labute approximate surface area is 147 Å². The molecule has 2 aromatic carbocycles. The van der Waals surface area contributed by atoms with Crippen LogP contribution in [0.2, 0.25) is 0 Å². The van der Waals surface area contributed by atoms with E-state index < -0.39 is 0 Å². The Hall–Kier alpha value is -2.67. The number of halogens is 1. The van der Waals surface area contributed by atoms with Crippen molar-refractivity contribution < 1.29 is 14.1 Å². The van der Waals surface area contributed by atoms with Crippen molar-refractivity contribution in [1.82, 2.24) is 15.5 Å². The van der Waals surface area contributed by atoms with Crippen molar-refractivity contribution in [1.29, 1.82) is 0 Å². The van der Waals surface area contributed by atoms with Crippen LogP contribution >= 0.6 is 15.9 Å². The van der Waals surface area contributed by atoms with E-state index in [4.69, 9.17) is 9.26 Å². The van der Waals surface area contributed by atoms with Crippen LogP contribution in [0.25, 0.3) is 11.4 Å². The molecule has 6 nitrogen and oxygen atoms in total. The molecule has 7 heteroatoms. The highest BCUT2D eigenvalue weighted by molar-refractivity contribution is 9.10. The minimum Gasteiger partial charge on any atom is -0.496 e. The van der Waals surface area contributed by atoms with Gasteiger partial charge in [0, 0.05) is 10.0 Å². The smallest absolute Gasteiger partial charge is 0.251 e. The molecule has 1 heterocycles. The molecule has 3 aromatic rings. The predicted octanol–water partition coefficient (Wildman–Crippen LogP) is 3.44. The summed E-state index contributed by atoms with van der Waals surface area (Å²) in [4.78, 5) is 16.4. The van der Waals surface area contributed by atoms with Crippen LogP contribution in [-0.2, 0) is 6.54 Å². The van der Waals surface area contributed by atoms with Crippen LogP contribution in [0.3, 0.4) is 0 Å². The summed E-state index contributed by atoms with van der Waals surface area (Å²) in [6, 6.07) is 14.5. The van der Waals surface area contributed by atoms with Crippen molar-refractivity contribution in [3.05, 3.63) is 64.5 Å². The van der Waals surface area contributed by atoms with Gasteiger partial charge in [-0.25, -0.2) is 0 Å². The van der Waals surface area contributed by atoms with Crippen LogP contribution in [0.15, 0.2) is 57.5 Å². The van der Waals surface area contributed by atoms with Gasteiger partial charge in [-0.3, -0.25) is 4.79 Å². The van der Waals surface area contributed by atoms with Crippen LogP contribution in [-0.4, -0.2) is 23.2 Å². The fraction of sp³-hybridized carbons (Fsp3) is 0.118. The second-order valence-electron chi connectivity index (χ2n) is 4.91. The van der Waals surface area contributed by atoms with Crippen molar-refractivity contribution >= 4 is 21.8 Å². The summed E-state index contributed by atoms with van der Waals surface area (Å²) in [5.74, 6) is 1.18. The maximum Gasteiger partial charge on any atom is 0.251 e. The monoisotopic (exact) mass is 387 g/mol. The van der Waals surface area contributed by atoms with E-state index in [2.05, 4.69) is 31.4 Å². The van der Waals surface area contributed by atoms with Gasteiger partial charge in [-0.2, -0.15) is 4.98 Å². The highest BCUT2D eigenvalue weighted by Crippen LogP contribution is 2.26. The van der Waals surface area contributed by atoms with Crippen LogP contribution in [0, 0.1) is 0 Å². The molecule has 0 aliphatic rings. The molecule has 1 N–H and O–H groups in total. The van der Waals surface area contributed by atoms with E-state index >= 15 is 0 Å². The van der Waals surface area contributed by atoms with Gasteiger partial charge in [0.05, 0.1) is 19.2 Å². The fourth-order valence-electron chi connectivity index (χ4n) is 2.15. The van der Waals surface area contributed by atoms with E-state index in [-0.39, 0.29) is 12.5 Å². The maximum absolute atomic E-state index is 12.1. The van der Waals surface area contributed by atoms with Gasteiger partial charge in [0.2, 0.25) is 11.7 Å². The van der Waals surface area contributed by atoms with E-state index in [0.717, 1.165) is 10.0 Å². The summed E-state index contributed by atoms with van der Waals surface area (Å²) in [5.41, 5.74) is 1.28. The summed E-state index contributed by atoms with van der Waals surface area (Å²) >= 11 is 3.34. The molecule has 0 saturated carbocycles. The minimum absolute atomic E-state index is 0.146. The largest absolute Gasteiger partial charge is 0.496 e. The number of rotatable bonds is 5. The van der Waals surface area contributed by atoms with E-state index in [0.29, 0.717) is 23.0 Å². The normalized spacial score (nSPS) is 10.4. The maximum atomic E-state index is 12.1. The number of nitrogens with zero attached hydrogens (tertiary/aromatic N) is 2. The lowest BCUT2D eigenvalue weighted by molar-refractivity contribution is 0.0946. The van der Waals surface area contributed by atoms with Gasteiger partial charge in [-0.1, -0.05) is 39.3 Å². The second-order valence-corrected chi connectivity index (χ2v) is 5.82. The number of carbonyl (C=O) groups excluding carboxylic acids is 1. The Kier molecular flexibility index (Phi) is 4.90. The van der Waals surface area contributed by atoms with Crippen LogP contribution in [0.5, 0.6) is 5.75 Å². The summed E-state index contributed by atoms with van der Waals surface area (Å²) < 4.78 is 11.3. The first-order valence-electron chi connectivity index (χ1n) is 7.17. The quantitative estimate of drug-likeness (QED) is 0.725. The first kappa shape index (κ1) is 16.2. The molecule has 122 valence electrons. The van der Waals surface area contributed by atoms with E-state index in [9.17, 15) is 4.79 Å². The molecule has 0 radical (unpaired) electrons. The Morgan fingerprint density at radius 2 is 2.08 bits per heavy atom. The van der Waals surface area contributed by atoms with Crippen LogP contribution in [0.4, 0.5) is 0 Å². The first-order chi connectivity index (χ1) is 11.7. The van der Waals surface area contributed by atoms with Crippen molar-refractivity contribution in [2.45, 2.75) is 6.54 Å². The molecule has 1 aromatic heterocycles. The van der Waals surface area contributed by atoms with Gasteiger partial charge >= 0.3 is 0 Å². The fourth-order valence-corrected chi connectivity index (χ4v) is 2.55. The Balaban J connectivity index is 1.69. The molecule has 0 spiro atoms. The molecule has 0 unspecified atom stereocenters. The summed E-state index contributed by atoms with van der Waals surface area (Å²) in [7, 11) is 1.58. The number of para-hydroxylation sites is 1. The number of hydrogen-bond donors (Lipinski definition) is 1. The minimum atomic E-state index is -0.214. The number of amides is 1. The van der Waals surface area contributed by atoms with Gasteiger partial charge in [0.15, 0.2) is 0 Å². The first-order valence-corrected chi connectivity index (χ1v) is 7.96. The SMILES string of the molecule is COc1ccccc1-c1noc(CNC(=O)c2cccc(Br)c2)n1. The average Bonchev–Trinajstić information content (AvgIpc) is 3.08. The number of aromatic nitrogens is 2. The molecule has 24 heavy (non-hydrogen) atoms. The molecule has 0 bridgehead atoms. The predicted molar refractivity (Wildman–Crippen MR) is 91.6 cm³/mol. The average molecular weight is 388 g/mol. The number of benzene rings is 2. The molecule has 0 aliphatic carbocycles.